The predicted molar refractivity (Wildman–Crippen MR) is 152 cm³/mol. The molecule has 4 heterocycles. The van der Waals surface area contributed by atoms with Gasteiger partial charge in [0.2, 0.25) is 10.8 Å². The highest BCUT2D eigenvalue weighted by Gasteiger charge is 2.20. The van der Waals surface area contributed by atoms with E-state index in [9.17, 15) is 14.9 Å². The fraction of sp³-hybridized carbons (Fsp3) is 0.0345. The highest BCUT2D eigenvalue weighted by molar-refractivity contribution is 7.15. The zero-order chi connectivity index (χ0) is 27.4. The number of hydrogen-bond acceptors (Lipinski definition) is 8. The summed E-state index contributed by atoms with van der Waals surface area (Å²) in [5.74, 6) is 0.872. The molecule has 11 heteroatoms. The molecule has 3 aromatic carbocycles. The van der Waals surface area contributed by atoms with Gasteiger partial charge in [0.25, 0.3) is 11.2 Å². The first-order chi connectivity index (χ1) is 19.5. The van der Waals surface area contributed by atoms with Gasteiger partial charge >= 0.3 is 0 Å². The number of hydrogen-bond donors (Lipinski definition) is 0. The van der Waals surface area contributed by atoms with Crippen LogP contribution < -0.4 is 10.1 Å². The summed E-state index contributed by atoms with van der Waals surface area (Å²) in [6.07, 6.45) is 3.51. The molecule has 0 radical (unpaired) electrons. The van der Waals surface area contributed by atoms with Crippen molar-refractivity contribution in [1.29, 1.82) is 0 Å². The van der Waals surface area contributed by atoms with Crippen LogP contribution in [0.15, 0.2) is 94.3 Å². The van der Waals surface area contributed by atoms with Gasteiger partial charge in [-0.3, -0.25) is 14.9 Å². The summed E-state index contributed by atoms with van der Waals surface area (Å²) in [6, 6.07) is 23.4. The number of rotatable bonds is 5. The number of nitrogens with zero attached hydrogens (tertiary/aromatic N) is 6. The van der Waals surface area contributed by atoms with Crippen molar-refractivity contribution in [3.63, 3.8) is 0 Å². The minimum atomic E-state index is -0.446. The van der Waals surface area contributed by atoms with Crippen molar-refractivity contribution in [2.75, 3.05) is 0 Å². The Labute approximate surface area is 229 Å². The van der Waals surface area contributed by atoms with E-state index in [0.29, 0.717) is 37.9 Å². The summed E-state index contributed by atoms with van der Waals surface area (Å²) in [5, 5.41) is 21.6. The Morgan fingerprint density at radius 1 is 1.00 bits per heavy atom. The van der Waals surface area contributed by atoms with E-state index < -0.39 is 4.92 Å². The van der Waals surface area contributed by atoms with Gasteiger partial charge < -0.3 is 4.42 Å². The molecule has 7 aromatic rings. The van der Waals surface area contributed by atoms with Crippen LogP contribution in [-0.2, 0) is 0 Å². The molecule has 40 heavy (non-hydrogen) atoms. The molecule has 0 aliphatic heterocycles. The van der Waals surface area contributed by atoms with E-state index in [1.54, 1.807) is 29.1 Å². The summed E-state index contributed by atoms with van der Waals surface area (Å²) in [5.41, 5.74) is 3.76. The first-order valence-corrected chi connectivity index (χ1v) is 13.1. The Morgan fingerprint density at radius 2 is 1.80 bits per heavy atom. The third-order valence-electron chi connectivity index (χ3n) is 6.61. The maximum absolute atomic E-state index is 13.4. The molecule has 10 nitrogen and oxygen atoms in total. The Kier molecular flexibility index (Phi) is 5.39. The average molecular weight is 547 g/mol. The molecule has 0 aliphatic rings. The zero-order valence-electron chi connectivity index (χ0n) is 20.9. The molecule has 7 rings (SSSR count). The lowest BCUT2D eigenvalue weighted by Gasteiger charge is -2.00. The third-order valence-corrected chi connectivity index (χ3v) is 7.57. The molecule has 0 bridgehead atoms. The molecule has 0 saturated heterocycles. The van der Waals surface area contributed by atoms with Gasteiger partial charge in [0.15, 0.2) is 5.76 Å². The molecule has 0 unspecified atom stereocenters. The molecule has 0 saturated carbocycles. The van der Waals surface area contributed by atoms with Crippen molar-refractivity contribution in [3.8, 4) is 28.5 Å². The van der Waals surface area contributed by atoms with E-state index >= 15 is 0 Å². The topological polar surface area (TPSA) is 121 Å². The van der Waals surface area contributed by atoms with Crippen LogP contribution in [0.2, 0.25) is 0 Å². The third kappa shape index (κ3) is 3.87. The monoisotopic (exact) mass is 546 g/mol. The number of thiazole rings is 1. The van der Waals surface area contributed by atoms with Crippen molar-refractivity contribution in [3.05, 3.63) is 121 Å². The Bertz CT molecular complexity index is 2190. The van der Waals surface area contributed by atoms with Gasteiger partial charge in [-0.15, -0.1) is 5.10 Å². The maximum Gasteiger partial charge on any atom is 0.291 e. The van der Waals surface area contributed by atoms with Crippen LogP contribution in [-0.4, -0.2) is 29.3 Å². The quantitative estimate of drug-likeness (QED) is 0.215. The molecular formula is C29H18N6O4S. The summed E-state index contributed by atoms with van der Waals surface area (Å²) < 4.78 is 9.34. The number of nitro benzene ring substituents is 1. The highest BCUT2D eigenvalue weighted by atomic mass is 32.1. The summed E-state index contributed by atoms with van der Waals surface area (Å²) in [7, 11) is 0. The largest absolute Gasteiger partial charge is 0.452 e. The number of non-ortho nitro benzene ring substituents is 1. The van der Waals surface area contributed by atoms with Crippen molar-refractivity contribution in [2.45, 2.75) is 6.92 Å². The fourth-order valence-corrected chi connectivity index (χ4v) is 5.55. The fourth-order valence-electron chi connectivity index (χ4n) is 4.66. The number of aromatic nitrogens is 5. The van der Waals surface area contributed by atoms with Crippen molar-refractivity contribution in [2.24, 2.45) is 0 Å². The van der Waals surface area contributed by atoms with Crippen LogP contribution in [0.25, 0.3) is 50.5 Å². The van der Waals surface area contributed by atoms with Crippen LogP contribution in [0.5, 0.6) is 0 Å². The lowest BCUT2D eigenvalue weighted by atomic mass is 10.1. The first-order valence-electron chi connectivity index (χ1n) is 12.3. The van der Waals surface area contributed by atoms with Crippen LogP contribution in [0.4, 0.5) is 5.69 Å². The number of para-hydroxylation sites is 2. The summed E-state index contributed by atoms with van der Waals surface area (Å²) >= 11 is 1.20. The number of fused-ring (bicyclic) bond motifs is 2. The summed E-state index contributed by atoms with van der Waals surface area (Å²) in [4.78, 5) is 29.4. The number of nitro groups is 1. The second kappa shape index (κ2) is 9.10. The smallest absolute Gasteiger partial charge is 0.291 e. The molecular weight excluding hydrogens is 528 g/mol. The molecule has 194 valence electrons. The van der Waals surface area contributed by atoms with Gasteiger partial charge in [0, 0.05) is 40.4 Å². The van der Waals surface area contributed by atoms with Crippen LogP contribution in [0.3, 0.4) is 0 Å². The lowest BCUT2D eigenvalue weighted by molar-refractivity contribution is -0.384. The Morgan fingerprint density at radius 3 is 2.58 bits per heavy atom. The van der Waals surface area contributed by atoms with E-state index in [1.807, 2.05) is 61.5 Å². The van der Waals surface area contributed by atoms with E-state index in [4.69, 9.17) is 9.52 Å². The van der Waals surface area contributed by atoms with E-state index in [1.165, 1.54) is 28.0 Å². The lowest BCUT2D eigenvalue weighted by Crippen LogP contribution is -2.23. The van der Waals surface area contributed by atoms with E-state index in [2.05, 4.69) is 10.1 Å². The Hall–Kier alpha value is -5.42. The van der Waals surface area contributed by atoms with Gasteiger partial charge in [-0.05, 0) is 31.2 Å². The van der Waals surface area contributed by atoms with E-state index in [-0.39, 0.29) is 11.2 Å². The second-order valence-electron chi connectivity index (χ2n) is 9.12. The normalized spacial score (nSPS) is 12.1. The second-order valence-corrected chi connectivity index (χ2v) is 10.1. The van der Waals surface area contributed by atoms with Crippen molar-refractivity contribution < 1.29 is 9.34 Å². The standard InChI is InChI=1S/C29H18N6O4S/c1-17-22-12-5-6-13-23(22)39-26(17)27-30-29-34(32-27)28(36)24(40-29)15-19-16-33(20-9-3-2-4-10-20)31-25(19)18-8-7-11-21(14-18)35(37)38/h2-16H,1H3/b24-15-. The minimum Gasteiger partial charge on any atom is -0.452 e. The van der Waals surface area contributed by atoms with Crippen LogP contribution in [0, 0.1) is 17.0 Å². The number of furan rings is 1. The van der Waals surface area contributed by atoms with Gasteiger partial charge in [0.05, 0.1) is 15.1 Å². The van der Waals surface area contributed by atoms with Gasteiger partial charge in [-0.2, -0.15) is 14.6 Å². The van der Waals surface area contributed by atoms with Gasteiger partial charge in [0.1, 0.15) is 11.3 Å². The average Bonchev–Trinajstić information content (AvgIpc) is 3.73. The molecule has 0 atom stereocenters. The molecule has 0 amide bonds. The Balaban J connectivity index is 1.37. The van der Waals surface area contributed by atoms with Gasteiger partial charge in [-0.25, -0.2) is 4.68 Å². The minimum absolute atomic E-state index is 0.0468. The van der Waals surface area contributed by atoms with Gasteiger partial charge in [-0.1, -0.05) is 59.9 Å². The molecule has 0 fully saturated rings. The summed E-state index contributed by atoms with van der Waals surface area (Å²) in [6.45, 7) is 1.94. The molecule has 0 aliphatic carbocycles. The maximum atomic E-state index is 13.4. The van der Waals surface area contributed by atoms with Crippen molar-refractivity contribution >= 4 is 39.0 Å². The van der Waals surface area contributed by atoms with Crippen LogP contribution in [0.1, 0.15) is 11.1 Å². The molecule has 0 spiro atoms. The van der Waals surface area contributed by atoms with E-state index in [0.717, 1.165) is 22.2 Å². The zero-order valence-corrected chi connectivity index (χ0v) is 21.7. The number of aryl methyl sites for hydroxylation is 1. The highest BCUT2D eigenvalue weighted by Crippen LogP contribution is 2.31. The predicted octanol–water partition coefficient (Wildman–Crippen LogP) is 5.18. The number of benzene rings is 3. The molecule has 0 N–H and O–H groups in total. The first kappa shape index (κ1) is 23.7. The SMILES string of the molecule is Cc1c(-c2nc3s/c(=C\c4cn(-c5ccccc5)nc4-c4cccc([N+](=O)[O-])c4)c(=O)n3n2)oc2ccccc12. The molecule has 4 aromatic heterocycles. The van der Waals surface area contributed by atoms with Crippen LogP contribution >= 0.6 is 11.3 Å². The van der Waals surface area contributed by atoms with Crippen molar-refractivity contribution in [1.82, 2.24) is 24.4 Å².